The average Bonchev–Trinajstić information content (AvgIpc) is 2.58. The van der Waals surface area contributed by atoms with Crippen LogP contribution in [0.25, 0.3) is 0 Å². The van der Waals surface area contributed by atoms with E-state index in [-0.39, 0.29) is 5.91 Å². The summed E-state index contributed by atoms with van der Waals surface area (Å²) in [5.74, 6) is 0.783. The lowest BCUT2D eigenvalue weighted by atomic mass is 9.99. The van der Waals surface area contributed by atoms with E-state index in [1.54, 1.807) is 12.4 Å². The fourth-order valence-corrected chi connectivity index (χ4v) is 3.42. The summed E-state index contributed by atoms with van der Waals surface area (Å²) in [4.78, 5) is 18.9. The van der Waals surface area contributed by atoms with Crippen molar-refractivity contribution in [3.05, 3.63) is 52.3 Å². The van der Waals surface area contributed by atoms with Gasteiger partial charge in [0.15, 0.2) is 0 Å². The van der Waals surface area contributed by atoms with Crippen molar-refractivity contribution in [2.24, 2.45) is 5.92 Å². The Labute approximate surface area is 151 Å². The Kier molecular flexibility index (Phi) is 5.19. The Hall–Kier alpha value is -1.88. The zero-order valence-corrected chi connectivity index (χ0v) is 15.6. The van der Waals surface area contributed by atoms with Crippen LogP contribution in [0.2, 0.25) is 0 Å². The first-order chi connectivity index (χ1) is 11.5. The maximum atomic E-state index is 12.7. The number of hydrogen-bond acceptors (Lipinski definition) is 3. The van der Waals surface area contributed by atoms with E-state index >= 15 is 0 Å². The highest BCUT2D eigenvalue weighted by Crippen LogP contribution is 2.24. The van der Waals surface area contributed by atoms with Gasteiger partial charge in [0.25, 0.3) is 5.91 Å². The van der Waals surface area contributed by atoms with Crippen LogP contribution < -0.4 is 5.32 Å². The van der Waals surface area contributed by atoms with Crippen molar-refractivity contribution >= 4 is 33.2 Å². The fourth-order valence-electron chi connectivity index (χ4n) is 2.94. The van der Waals surface area contributed by atoms with Gasteiger partial charge in [-0.1, -0.05) is 22.9 Å². The predicted octanol–water partition coefficient (Wildman–Crippen LogP) is 4.77. The number of nitrogens with one attached hydrogen (secondary N) is 1. The second kappa shape index (κ2) is 7.34. The van der Waals surface area contributed by atoms with Crippen molar-refractivity contribution in [3.8, 4) is 0 Å². The third-order valence-corrected chi connectivity index (χ3v) is 5.02. The molecule has 1 aliphatic heterocycles. The number of piperidine rings is 1. The number of nitrogens with zero attached hydrogens (tertiary/aromatic N) is 2. The number of likely N-dealkylation sites (tertiary alicyclic amines) is 1. The Morgan fingerprint density at radius 2 is 2.00 bits per heavy atom. The van der Waals surface area contributed by atoms with Crippen LogP contribution in [0, 0.1) is 12.8 Å². The molecule has 0 radical (unpaired) electrons. The number of aromatic nitrogens is 1. The molecule has 1 amide bonds. The van der Waals surface area contributed by atoms with Gasteiger partial charge in [0.05, 0.1) is 17.4 Å². The lowest BCUT2D eigenvalue weighted by Gasteiger charge is -2.30. The second-order valence-corrected chi connectivity index (χ2v) is 7.44. The Morgan fingerprint density at radius 3 is 2.71 bits per heavy atom. The molecule has 0 saturated carbocycles. The summed E-state index contributed by atoms with van der Waals surface area (Å²) >= 11 is 3.47. The monoisotopic (exact) mass is 387 g/mol. The number of pyridine rings is 1. The quantitative estimate of drug-likeness (QED) is 0.824. The lowest BCUT2D eigenvalue weighted by molar-refractivity contribution is 0.0697. The number of anilines is 2. The molecule has 5 heteroatoms. The molecule has 3 rings (SSSR count). The first-order valence-corrected chi connectivity index (χ1v) is 9.10. The van der Waals surface area contributed by atoms with Crippen molar-refractivity contribution < 1.29 is 4.79 Å². The number of aryl methyl sites for hydroxylation is 1. The van der Waals surface area contributed by atoms with E-state index in [4.69, 9.17) is 0 Å². The van der Waals surface area contributed by atoms with Crippen LogP contribution in [0.1, 0.15) is 35.7 Å². The molecule has 1 N–H and O–H groups in total. The topological polar surface area (TPSA) is 45.2 Å². The van der Waals surface area contributed by atoms with E-state index in [0.717, 1.165) is 47.3 Å². The molecule has 0 bridgehead atoms. The van der Waals surface area contributed by atoms with Crippen LogP contribution in [-0.4, -0.2) is 28.9 Å². The molecule has 126 valence electrons. The van der Waals surface area contributed by atoms with Crippen LogP contribution in [0.15, 0.2) is 41.1 Å². The molecule has 0 aliphatic carbocycles. The van der Waals surface area contributed by atoms with Gasteiger partial charge in [-0.05, 0) is 55.5 Å². The van der Waals surface area contributed by atoms with Crippen molar-refractivity contribution in [2.45, 2.75) is 26.7 Å². The summed E-state index contributed by atoms with van der Waals surface area (Å²) < 4.78 is 1.05. The Morgan fingerprint density at radius 1 is 1.25 bits per heavy atom. The SMILES string of the molecule is Cc1cc(Br)ccc1Nc1cncc(C(=O)N2CCC(C)CC2)c1. The normalized spacial score (nSPS) is 15.4. The number of rotatable bonds is 3. The second-order valence-electron chi connectivity index (χ2n) is 6.52. The highest BCUT2D eigenvalue weighted by molar-refractivity contribution is 9.10. The first-order valence-electron chi connectivity index (χ1n) is 8.30. The zero-order chi connectivity index (χ0) is 17.1. The number of hydrogen-bond donors (Lipinski definition) is 1. The molecule has 24 heavy (non-hydrogen) atoms. The predicted molar refractivity (Wildman–Crippen MR) is 101 cm³/mol. The minimum atomic E-state index is 0.0746. The van der Waals surface area contributed by atoms with E-state index < -0.39 is 0 Å². The van der Waals surface area contributed by atoms with Gasteiger partial charge < -0.3 is 10.2 Å². The zero-order valence-electron chi connectivity index (χ0n) is 14.1. The molecule has 1 fully saturated rings. The summed E-state index contributed by atoms with van der Waals surface area (Å²) in [7, 11) is 0. The first kappa shape index (κ1) is 17.0. The van der Waals surface area contributed by atoms with Crippen molar-refractivity contribution in [1.82, 2.24) is 9.88 Å². The molecule has 4 nitrogen and oxygen atoms in total. The van der Waals surface area contributed by atoms with E-state index in [2.05, 4.69) is 39.2 Å². The van der Waals surface area contributed by atoms with Crippen LogP contribution >= 0.6 is 15.9 Å². The van der Waals surface area contributed by atoms with E-state index in [1.165, 1.54) is 0 Å². The summed E-state index contributed by atoms with van der Waals surface area (Å²) in [6.45, 7) is 5.96. The molecule has 2 heterocycles. The van der Waals surface area contributed by atoms with Gasteiger partial charge in [0, 0.05) is 29.4 Å². The standard InChI is InChI=1S/C19H22BrN3O/c1-13-5-7-23(8-6-13)19(24)15-10-17(12-21-11-15)22-18-4-3-16(20)9-14(18)2/h3-4,9-13,22H,5-8H2,1-2H3. The van der Waals surface area contributed by atoms with Crippen LogP contribution in [0.4, 0.5) is 11.4 Å². The van der Waals surface area contributed by atoms with Gasteiger partial charge in [0.2, 0.25) is 0 Å². The molecule has 0 spiro atoms. The van der Waals surface area contributed by atoms with Gasteiger partial charge >= 0.3 is 0 Å². The summed E-state index contributed by atoms with van der Waals surface area (Å²) in [6.07, 6.45) is 5.56. The van der Waals surface area contributed by atoms with Gasteiger partial charge in [-0.2, -0.15) is 0 Å². The summed E-state index contributed by atoms with van der Waals surface area (Å²) in [5.41, 5.74) is 3.61. The van der Waals surface area contributed by atoms with E-state index in [9.17, 15) is 4.79 Å². The number of amides is 1. The molecular formula is C19H22BrN3O. The average molecular weight is 388 g/mol. The summed E-state index contributed by atoms with van der Waals surface area (Å²) in [6, 6.07) is 7.95. The molecule has 0 unspecified atom stereocenters. The third kappa shape index (κ3) is 3.96. The van der Waals surface area contributed by atoms with Crippen LogP contribution in [-0.2, 0) is 0 Å². The van der Waals surface area contributed by atoms with Gasteiger partial charge in [-0.25, -0.2) is 0 Å². The van der Waals surface area contributed by atoms with Crippen LogP contribution in [0.5, 0.6) is 0 Å². The molecular weight excluding hydrogens is 366 g/mol. The molecule has 1 aromatic carbocycles. The molecule has 2 aromatic rings. The molecule has 1 saturated heterocycles. The smallest absolute Gasteiger partial charge is 0.255 e. The number of benzene rings is 1. The Balaban J connectivity index is 1.75. The fraction of sp³-hybridized carbons (Fsp3) is 0.368. The largest absolute Gasteiger partial charge is 0.354 e. The molecule has 0 atom stereocenters. The minimum absolute atomic E-state index is 0.0746. The summed E-state index contributed by atoms with van der Waals surface area (Å²) in [5, 5.41) is 3.35. The minimum Gasteiger partial charge on any atom is -0.354 e. The van der Waals surface area contributed by atoms with Crippen molar-refractivity contribution in [3.63, 3.8) is 0 Å². The molecule has 1 aliphatic rings. The third-order valence-electron chi connectivity index (χ3n) is 4.52. The Bertz CT molecular complexity index is 739. The lowest BCUT2D eigenvalue weighted by Crippen LogP contribution is -2.37. The van der Waals surface area contributed by atoms with E-state index in [1.807, 2.05) is 30.0 Å². The van der Waals surface area contributed by atoms with Crippen molar-refractivity contribution in [1.29, 1.82) is 0 Å². The maximum absolute atomic E-state index is 12.7. The van der Waals surface area contributed by atoms with Crippen molar-refractivity contribution in [2.75, 3.05) is 18.4 Å². The maximum Gasteiger partial charge on any atom is 0.255 e. The number of carbonyl (C=O) groups excluding carboxylic acids is 1. The van der Waals surface area contributed by atoms with Gasteiger partial charge in [0.1, 0.15) is 0 Å². The number of carbonyl (C=O) groups is 1. The highest BCUT2D eigenvalue weighted by atomic mass is 79.9. The van der Waals surface area contributed by atoms with Gasteiger partial charge in [-0.15, -0.1) is 0 Å². The van der Waals surface area contributed by atoms with Gasteiger partial charge in [-0.3, -0.25) is 9.78 Å². The highest BCUT2D eigenvalue weighted by Gasteiger charge is 2.21. The van der Waals surface area contributed by atoms with Crippen LogP contribution in [0.3, 0.4) is 0 Å². The number of halogens is 1. The van der Waals surface area contributed by atoms with E-state index in [0.29, 0.717) is 11.5 Å². The molecule has 1 aromatic heterocycles.